The van der Waals surface area contributed by atoms with Crippen LogP contribution < -0.4 is 4.72 Å². The molecule has 0 atom stereocenters. The minimum atomic E-state index is -4.33. The van der Waals surface area contributed by atoms with E-state index in [0.717, 1.165) is 0 Å². The van der Waals surface area contributed by atoms with Crippen LogP contribution >= 0.6 is 11.3 Å². The van der Waals surface area contributed by atoms with Gasteiger partial charge in [-0.05, 0) is 12.1 Å². The second kappa shape index (κ2) is 5.84. The number of nitrogens with zero attached hydrogens (tertiary/aromatic N) is 1. The number of aromatic nitrogens is 1. The van der Waals surface area contributed by atoms with E-state index in [-0.39, 0.29) is 6.54 Å². The molecule has 0 amide bonds. The molecule has 0 aliphatic rings. The molecule has 1 aromatic carbocycles. The number of benzene rings is 1. The van der Waals surface area contributed by atoms with E-state index in [9.17, 15) is 22.0 Å². The van der Waals surface area contributed by atoms with Crippen LogP contribution in [0.25, 0.3) is 0 Å². The predicted molar refractivity (Wildman–Crippen MR) is 69.5 cm³/mol. The fourth-order valence-corrected chi connectivity index (χ4v) is 3.15. The van der Waals surface area contributed by atoms with Crippen LogP contribution in [0.4, 0.5) is 8.78 Å². The summed E-state index contributed by atoms with van der Waals surface area (Å²) in [5.41, 5.74) is 0.598. The molecule has 2 N–H and O–H groups in total. The van der Waals surface area contributed by atoms with Gasteiger partial charge in [-0.2, -0.15) is 0 Å². The molecule has 0 aliphatic heterocycles. The number of rotatable bonds is 5. The third-order valence-electron chi connectivity index (χ3n) is 2.49. The lowest BCUT2D eigenvalue weighted by Crippen LogP contribution is -2.25. The summed E-state index contributed by atoms with van der Waals surface area (Å²) < 4.78 is 53.1. The Balaban J connectivity index is 2.36. The van der Waals surface area contributed by atoms with Crippen molar-refractivity contribution >= 4 is 27.3 Å². The summed E-state index contributed by atoms with van der Waals surface area (Å²) in [4.78, 5) is 13.7. The van der Waals surface area contributed by atoms with Gasteiger partial charge in [-0.15, -0.1) is 11.3 Å². The van der Waals surface area contributed by atoms with Gasteiger partial charge in [0.05, 0.1) is 17.7 Å². The third kappa shape index (κ3) is 3.23. The zero-order valence-corrected chi connectivity index (χ0v) is 11.8. The Morgan fingerprint density at radius 1 is 1.38 bits per heavy atom. The van der Waals surface area contributed by atoms with Crippen LogP contribution in [-0.2, 0) is 16.6 Å². The standard InChI is InChI=1S/C11H8F2N2O4S2/c12-7-1-2-8(10(13)9(7)11(16)17)21(18,19)15-3-6-4-20-5-14-6/h1-2,4-5,15H,3H2,(H,16,17). The molecule has 2 aromatic rings. The number of thiazole rings is 1. The maximum atomic E-state index is 13.9. The van der Waals surface area contributed by atoms with Crippen LogP contribution in [0.3, 0.4) is 0 Å². The minimum Gasteiger partial charge on any atom is -0.477 e. The average molecular weight is 334 g/mol. The van der Waals surface area contributed by atoms with Crippen LogP contribution in [-0.4, -0.2) is 24.5 Å². The zero-order chi connectivity index (χ0) is 15.6. The van der Waals surface area contributed by atoms with E-state index >= 15 is 0 Å². The number of hydrogen-bond acceptors (Lipinski definition) is 5. The summed E-state index contributed by atoms with van der Waals surface area (Å²) in [5, 5.41) is 10.3. The second-order valence-electron chi connectivity index (χ2n) is 3.84. The molecule has 1 aromatic heterocycles. The largest absolute Gasteiger partial charge is 0.477 e. The van der Waals surface area contributed by atoms with Crippen LogP contribution in [0.1, 0.15) is 16.1 Å². The van der Waals surface area contributed by atoms with E-state index in [2.05, 4.69) is 9.71 Å². The summed E-state index contributed by atoms with van der Waals surface area (Å²) in [5.74, 6) is -4.88. The van der Waals surface area contributed by atoms with Gasteiger partial charge in [0, 0.05) is 5.38 Å². The Labute approximate surface area is 122 Å². The summed E-state index contributed by atoms with van der Waals surface area (Å²) in [6.07, 6.45) is 0. The highest BCUT2D eigenvalue weighted by Crippen LogP contribution is 2.21. The molecular formula is C11H8F2N2O4S2. The van der Waals surface area contributed by atoms with Crippen molar-refractivity contribution in [2.24, 2.45) is 0 Å². The molecule has 2 rings (SSSR count). The molecule has 112 valence electrons. The lowest BCUT2D eigenvalue weighted by atomic mass is 10.2. The summed E-state index contributed by atoms with van der Waals surface area (Å²) in [6.45, 7) is -0.189. The number of carbonyl (C=O) groups is 1. The quantitative estimate of drug-likeness (QED) is 0.866. The SMILES string of the molecule is O=C(O)c1c(F)ccc(S(=O)(=O)NCc2cscn2)c1F. The van der Waals surface area contributed by atoms with E-state index in [1.165, 1.54) is 16.8 Å². The highest BCUT2D eigenvalue weighted by molar-refractivity contribution is 7.89. The molecule has 0 radical (unpaired) electrons. The number of aromatic carboxylic acids is 1. The highest BCUT2D eigenvalue weighted by Gasteiger charge is 2.26. The molecular weight excluding hydrogens is 326 g/mol. The van der Waals surface area contributed by atoms with Crippen molar-refractivity contribution in [2.75, 3.05) is 0 Å². The molecule has 0 aliphatic carbocycles. The summed E-state index contributed by atoms with van der Waals surface area (Å²) >= 11 is 1.25. The molecule has 0 saturated carbocycles. The molecule has 0 unspecified atom stereocenters. The predicted octanol–water partition coefficient (Wildman–Crippen LogP) is 1.60. The first-order chi connectivity index (χ1) is 9.83. The first-order valence-corrected chi connectivity index (χ1v) is 7.83. The number of hydrogen-bond donors (Lipinski definition) is 2. The first kappa shape index (κ1) is 15.5. The van der Waals surface area contributed by atoms with Crippen molar-refractivity contribution in [3.8, 4) is 0 Å². The minimum absolute atomic E-state index is 0.189. The Kier molecular flexibility index (Phi) is 4.30. The number of carboxylic acids is 1. The van der Waals surface area contributed by atoms with Crippen molar-refractivity contribution < 1.29 is 27.1 Å². The zero-order valence-electron chi connectivity index (χ0n) is 10.2. The molecule has 0 bridgehead atoms. The maximum absolute atomic E-state index is 13.9. The van der Waals surface area contributed by atoms with Gasteiger partial charge in [-0.3, -0.25) is 0 Å². The van der Waals surface area contributed by atoms with Crippen molar-refractivity contribution in [3.63, 3.8) is 0 Å². The normalized spacial score (nSPS) is 11.5. The van der Waals surface area contributed by atoms with Gasteiger partial charge in [0.25, 0.3) is 0 Å². The van der Waals surface area contributed by atoms with E-state index < -0.39 is 38.1 Å². The number of halogens is 2. The van der Waals surface area contributed by atoms with Gasteiger partial charge in [0.2, 0.25) is 10.0 Å². The first-order valence-electron chi connectivity index (χ1n) is 5.41. The lowest BCUT2D eigenvalue weighted by Gasteiger charge is -2.08. The Bertz CT molecular complexity index is 776. The van der Waals surface area contributed by atoms with Crippen LogP contribution in [0.15, 0.2) is 27.9 Å². The van der Waals surface area contributed by atoms with Gasteiger partial charge < -0.3 is 5.11 Å². The molecule has 10 heteroatoms. The van der Waals surface area contributed by atoms with Gasteiger partial charge in [-0.1, -0.05) is 0 Å². The Hall–Kier alpha value is -1.91. The van der Waals surface area contributed by atoms with Crippen LogP contribution in [0.2, 0.25) is 0 Å². The van der Waals surface area contributed by atoms with Gasteiger partial charge >= 0.3 is 5.97 Å². The van der Waals surface area contributed by atoms with Crippen molar-refractivity contribution in [1.29, 1.82) is 0 Å². The van der Waals surface area contributed by atoms with Crippen LogP contribution in [0, 0.1) is 11.6 Å². The number of nitrogens with one attached hydrogen (secondary N) is 1. The molecule has 21 heavy (non-hydrogen) atoms. The Morgan fingerprint density at radius 3 is 2.67 bits per heavy atom. The number of carboxylic acid groups (broad SMARTS) is 1. The van der Waals surface area contributed by atoms with E-state index in [0.29, 0.717) is 17.8 Å². The van der Waals surface area contributed by atoms with Gasteiger partial charge in [-0.25, -0.2) is 31.7 Å². The topological polar surface area (TPSA) is 96.4 Å². The van der Waals surface area contributed by atoms with Crippen molar-refractivity contribution in [2.45, 2.75) is 11.4 Å². The second-order valence-corrected chi connectivity index (χ2v) is 6.30. The van der Waals surface area contributed by atoms with E-state index in [1.54, 1.807) is 5.38 Å². The van der Waals surface area contributed by atoms with E-state index in [1.807, 2.05) is 0 Å². The molecule has 0 saturated heterocycles. The molecule has 0 spiro atoms. The Morgan fingerprint density at radius 2 is 2.10 bits per heavy atom. The lowest BCUT2D eigenvalue weighted by molar-refractivity contribution is 0.0685. The summed E-state index contributed by atoms with van der Waals surface area (Å²) in [6, 6.07) is 1.25. The molecule has 0 fully saturated rings. The average Bonchev–Trinajstić information content (AvgIpc) is 2.88. The van der Waals surface area contributed by atoms with Crippen molar-refractivity contribution in [3.05, 3.63) is 45.9 Å². The maximum Gasteiger partial charge on any atom is 0.341 e. The smallest absolute Gasteiger partial charge is 0.341 e. The van der Waals surface area contributed by atoms with E-state index in [4.69, 9.17) is 5.11 Å². The summed E-state index contributed by atoms with van der Waals surface area (Å²) in [7, 11) is -4.33. The number of sulfonamides is 1. The highest BCUT2D eigenvalue weighted by atomic mass is 32.2. The van der Waals surface area contributed by atoms with Gasteiger partial charge in [0.1, 0.15) is 16.3 Å². The van der Waals surface area contributed by atoms with Crippen molar-refractivity contribution in [1.82, 2.24) is 9.71 Å². The third-order valence-corrected chi connectivity index (χ3v) is 4.54. The molecule has 6 nitrogen and oxygen atoms in total. The van der Waals surface area contributed by atoms with Gasteiger partial charge in [0.15, 0.2) is 5.82 Å². The van der Waals surface area contributed by atoms with Crippen LogP contribution in [0.5, 0.6) is 0 Å². The monoisotopic (exact) mass is 334 g/mol. The fourth-order valence-electron chi connectivity index (χ4n) is 1.51. The fraction of sp³-hybridized carbons (Fsp3) is 0.0909. The molecule has 1 heterocycles.